The molecule has 0 spiro atoms. The minimum Gasteiger partial charge on any atom is -0.309 e. The molecule has 4 heterocycles. The molecular weight excluding hydrogens is 1270 g/mol. The predicted molar refractivity (Wildman–Crippen MR) is 388 cm³/mol. The molecule has 0 radical (unpaired) electrons. The van der Waals surface area contributed by atoms with E-state index in [1.807, 2.05) is 174 Å². The Morgan fingerprint density at radius 3 is 0.760 bits per heavy atom. The Labute approximate surface area is 570 Å². The maximum absolute atomic E-state index is 15.6. The van der Waals surface area contributed by atoms with Crippen LogP contribution in [0.15, 0.2) is 206 Å². The molecule has 5 nitrogen and oxygen atoms in total. The zero-order valence-electron chi connectivity index (χ0n) is 56.3. The van der Waals surface area contributed by atoms with Crippen LogP contribution in [0.25, 0.3) is 132 Å². The largest absolute Gasteiger partial charge is 0.418 e. The van der Waals surface area contributed by atoms with Crippen molar-refractivity contribution in [3.8, 4) is 51.1 Å². The van der Waals surface area contributed by atoms with E-state index < -0.39 is 35.2 Å². The lowest BCUT2D eigenvalue weighted by molar-refractivity contribution is -0.138. The lowest BCUT2D eigenvalue weighted by Crippen LogP contribution is -2.15. The first-order valence-electron chi connectivity index (χ1n) is 32.8. The van der Waals surface area contributed by atoms with E-state index in [-0.39, 0.29) is 33.6 Å². The van der Waals surface area contributed by atoms with Crippen LogP contribution in [0.4, 0.5) is 39.5 Å². The number of aromatic nitrogens is 4. The number of alkyl halides is 9. The Hall–Kier alpha value is -11.3. The summed E-state index contributed by atoms with van der Waals surface area (Å²) < 4.78 is 144. The van der Waals surface area contributed by atoms with E-state index in [9.17, 15) is 31.6 Å². The minimum atomic E-state index is -4.87. The number of halogens is 9. The molecule has 16 rings (SSSR count). The maximum atomic E-state index is 15.6. The van der Waals surface area contributed by atoms with Crippen LogP contribution in [0, 0.1) is 80.6 Å². The fourth-order valence-electron chi connectivity index (χ4n) is 15.2. The molecule has 0 aliphatic rings. The minimum absolute atomic E-state index is 0.00559. The Morgan fingerprint density at radius 2 is 0.500 bits per heavy atom. The first kappa shape index (κ1) is 64.7. The summed E-state index contributed by atoms with van der Waals surface area (Å²) in [5, 5.41) is 18.0. The van der Waals surface area contributed by atoms with Gasteiger partial charge in [-0.1, -0.05) is 117 Å². The summed E-state index contributed by atoms with van der Waals surface area (Å²) >= 11 is 0. The van der Waals surface area contributed by atoms with Gasteiger partial charge in [-0.3, -0.25) is 0 Å². The van der Waals surface area contributed by atoms with E-state index in [2.05, 4.69) is 30.3 Å². The summed E-state index contributed by atoms with van der Waals surface area (Å²) in [6, 6.07) is 63.6. The summed E-state index contributed by atoms with van der Waals surface area (Å²) in [5.74, 6) is 0. The molecule has 0 atom stereocenters. The molecule has 496 valence electrons. The van der Waals surface area contributed by atoms with E-state index in [0.717, 1.165) is 128 Å². The van der Waals surface area contributed by atoms with Crippen LogP contribution in [0.3, 0.4) is 0 Å². The molecule has 0 saturated carbocycles. The van der Waals surface area contributed by atoms with Gasteiger partial charge in [-0.2, -0.15) is 44.8 Å². The van der Waals surface area contributed by atoms with Gasteiger partial charge in [0.25, 0.3) is 0 Å². The lowest BCUT2D eigenvalue weighted by Gasteiger charge is -2.24. The van der Waals surface area contributed by atoms with Crippen molar-refractivity contribution in [3.05, 3.63) is 284 Å². The average Bonchev–Trinajstić information content (AvgIpc) is 1.50. The van der Waals surface area contributed by atoms with Gasteiger partial charge in [0.05, 0.1) is 89.1 Å². The number of hydrogen-bond acceptors (Lipinski definition) is 1. The third-order valence-electron chi connectivity index (χ3n) is 19.6. The molecule has 0 bridgehead atoms. The second-order valence-electron chi connectivity index (χ2n) is 26.9. The van der Waals surface area contributed by atoms with Gasteiger partial charge < -0.3 is 18.3 Å². The molecular formula is C86H64F9N5. The molecule has 0 fully saturated rings. The predicted octanol–water partition coefficient (Wildman–Crippen LogP) is 25.1. The summed E-state index contributed by atoms with van der Waals surface area (Å²) in [7, 11) is 0. The van der Waals surface area contributed by atoms with Crippen molar-refractivity contribution < 1.29 is 39.5 Å². The van der Waals surface area contributed by atoms with Crippen molar-refractivity contribution in [3.63, 3.8) is 0 Å². The van der Waals surface area contributed by atoms with Crippen molar-refractivity contribution in [1.82, 2.24) is 18.3 Å². The van der Waals surface area contributed by atoms with Gasteiger partial charge >= 0.3 is 18.5 Å². The van der Waals surface area contributed by atoms with Gasteiger partial charge in [-0.25, -0.2) is 0 Å². The molecule has 0 aliphatic heterocycles. The van der Waals surface area contributed by atoms with Crippen LogP contribution in [0.2, 0.25) is 0 Å². The summed E-state index contributed by atoms with van der Waals surface area (Å²) in [6.07, 6.45) is -14.3. The number of nitriles is 1. The molecule has 0 saturated heterocycles. The molecule has 0 unspecified atom stereocenters. The zero-order valence-corrected chi connectivity index (χ0v) is 56.3. The highest BCUT2D eigenvalue weighted by Gasteiger charge is 2.40. The van der Waals surface area contributed by atoms with Crippen LogP contribution < -0.4 is 0 Å². The Kier molecular flexibility index (Phi) is 15.2. The van der Waals surface area contributed by atoms with Crippen molar-refractivity contribution in [2.45, 2.75) is 87.8 Å². The number of aryl methyl sites for hydroxylation is 10. The van der Waals surface area contributed by atoms with E-state index in [1.54, 1.807) is 59.4 Å². The lowest BCUT2D eigenvalue weighted by atomic mass is 9.91. The quantitative estimate of drug-likeness (QED) is 0.153. The molecule has 16 aromatic rings. The third-order valence-corrected chi connectivity index (χ3v) is 19.6. The monoisotopic (exact) mass is 1340 g/mol. The van der Waals surface area contributed by atoms with Gasteiger partial charge in [-0.05, 0) is 225 Å². The highest BCUT2D eigenvalue weighted by molar-refractivity contribution is 6.14. The summed E-state index contributed by atoms with van der Waals surface area (Å²) in [6.45, 7) is 19.1. The number of hydrogen-bond donors (Lipinski definition) is 0. The summed E-state index contributed by atoms with van der Waals surface area (Å²) in [4.78, 5) is 0. The smallest absolute Gasteiger partial charge is 0.309 e. The van der Waals surface area contributed by atoms with Crippen LogP contribution in [0.1, 0.15) is 77.9 Å². The van der Waals surface area contributed by atoms with Crippen molar-refractivity contribution in [1.29, 1.82) is 5.26 Å². The Balaban J connectivity index is 0.000000163. The standard InChI is InChI=1S/C43H32F6N2.C43H32F3N3/c1-23-9-13-35-28(17-23)29-18-24(2)10-14-36(29)50(35)39-22-34(43(47,48)49)40(21-32(39)41-27(5)7-6-8-33(41)42(44,45)46)51-37-15-11-25(3)19-30(37)31-20-26(4)12-16-38(31)51;1-24-9-13-36-30(17-24)31-18-25(2)10-14-37(31)48(36)40-22-34(42-28(5)7-6-8-35(42)43(44,45)46)41(21-29(40)23-47)49-38-15-11-26(3)19-32(38)33-20-27(4)12-16-39(33)49/h6-22H,1-5H3;6-22H,1-5H3. The molecule has 0 amide bonds. The highest BCUT2D eigenvalue weighted by Crippen LogP contribution is 2.50. The fourth-order valence-corrected chi connectivity index (χ4v) is 15.2. The van der Waals surface area contributed by atoms with Gasteiger partial charge in [-0.15, -0.1) is 0 Å². The van der Waals surface area contributed by atoms with Gasteiger partial charge in [0.1, 0.15) is 6.07 Å². The first-order valence-corrected chi connectivity index (χ1v) is 32.8. The SMILES string of the molecule is Cc1ccc2c(c1)c1cc(C)ccc1n2-c1cc(-c2c(C)cccc2C(F)(F)F)c(-n2c3ccc(C)cc3c3cc(C)ccc32)cc1C#N.Cc1ccc2c(c1)c1cc(C)ccc1n2-c1cc(C(F)(F)F)c(-n2c3ccc(C)cc3c3cc(C)ccc32)cc1-c1c(C)cccc1C(F)(F)F. The molecule has 100 heavy (non-hydrogen) atoms. The van der Waals surface area contributed by atoms with Crippen LogP contribution >= 0.6 is 0 Å². The number of nitrogens with zero attached hydrogens (tertiary/aromatic N) is 5. The number of benzene rings is 12. The zero-order chi connectivity index (χ0) is 70.5. The third kappa shape index (κ3) is 10.6. The molecule has 0 aliphatic carbocycles. The fraction of sp³-hybridized carbons (Fsp3) is 0.151. The second kappa shape index (κ2) is 23.4. The molecule has 12 aromatic carbocycles. The van der Waals surface area contributed by atoms with Gasteiger partial charge in [0, 0.05) is 54.2 Å². The van der Waals surface area contributed by atoms with Crippen molar-refractivity contribution >= 4 is 87.2 Å². The van der Waals surface area contributed by atoms with E-state index in [4.69, 9.17) is 0 Å². The average molecular weight is 1340 g/mol. The number of fused-ring (bicyclic) bond motifs is 12. The second-order valence-corrected chi connectivity index (χ2v) is 26.9. The first-order chi connectivity index (χ1) is 47.6. The highest BCUT2D eigenvalue weighted by atomic mass is 19.4. The van der Waals surface area contributed by atoms with E-state index >= 15 is 13.2 Å². The van der Waals surface area contributed by atoms with Gasteiger partial charge in [0.15, 0.2) is 0 Å². The van der Waals surface area contributed by atoms with E-state index in [0.29, 0.717) is 50.1 Å². The van der Waals surface area contributed by atoms with Crippen LogP contribution in [0.5, 0.6) is 0 Å². The van der Waals surface area contributed by atoms with Crippen LogP contribution in [-0.4, -0.2) is 18.3 Å². The molecule has 0 N–H and O–H groups in total. The maximum Gasteiger partial charge on any atom is 0.418 e. The Bertz CT molecular complexity index is 5950. The Morgan fingerprint density at radius 1 is 0.260 bits per heavy atom. The molecule has 4 aromatic heterocycles. The van der Waals surface area contributed by atoms with Crippen molar-refractivity contribution in [2.24, 2.45) is 0 Å². The van der Waals surface area contributed by atoms with Crippen molar-refractivity contribution in [2.75, 3.05) is 0 Å². The molecule has 14 heteroatoms. The normalized spacial score (nSPS) is 12.3. The van der Waals surface area contributed by atoms with Gasteiger partial charge in [0.2, 0.25) is 0 Å². The topological polar surface area (TPSA) is 43.5 Å². The van der Waals surface area contributed by atoms with Crippen LogP contribution in [-0.2, 0) is 18.5 Å². The number of rotatable bonds is 6. The summed E-state index contributed by atoms with van der Waals surface area (Å²) in [5.41, 5.74) is 13.5. The van der Waals surface area contributed by atoms with E-state index in [1.165, 1.54) is 18.2 Å².